The van der Waals surface area contributed by atoms with Gasteiger partial charge in [-0.25, -0.2) is 0 Å². The van der Waals surface area contributed by atoms with Gasteiger partial charge in [-0.3, -0.25) is 0 Å². The Morgan fingerprint density at radius 1 is 1.40 bits per heavy atom. The highest BCUT2D eigenvalue weighted by molar-refractivity contribution is 8.05. The molecule has 0 unspecified atom stereocenters. The fourth-order valence-corrected chi connectivity index (χ4v) is 1.45. The van der Waals surface area contributed by atoms with Crippen LogP contribution in [0.15, 0.2) is 0 Å². The highest BCUT2D eigenvalue weighted by Gasteiger charge is 2.17. The number of hydrogen-bond donors (Lipinski definition) is 2. The first-order valence-electron chi connectivity index (χ1n) is 3.21. The maximum Gasteiger partial charge on any atom is 0.0338 e. The maximum atomic E-state index is 4.31. The summed E-state index contributed by atoms with van der Waals surface area (Å²) in [7, 11) is 0. The SMILES string of the molecule is CC(C)(C)N(S)SCCS. The fourth-order valence-electron chi connectivity index (χ4n) is 0.321. The van der Waals surface area contributed by atoms with Gasteiger partial charge in [0.15, 0.2) is 0 Å². The third-order valence-electron chi connectivity index (χ3n) is 0.879. The van der Waals surface area contributed by atoms with Crippen LogP contribution in [0.5, 0.6) is 0 Å². The number of thiol groups is 2. The average Bonchev–Trinajstić information content (AvgIpc) is 1.80. The monoisotopic (exact) mass is 197 g/mol. The van der Waals surface area contributed by atoms with Gasteiger partial charge in [0.25, 0.3) is 0 Å². The van der Waals surface area contributed by atoms with Crippen LogP contribution in [-0.2, 0) is 0 Å². The summed E-state index contributed by atoms with van der Waals surface area (Å²) < 4.78 is 1.96. The topological polar surface area (TPSA) is 3.24 Å². The number of nitrogens with zero attached hydrogens (tertiary/aromatic N) is 1. The van der Waals surface area contributed by atoms with E-state index < -0.39 is 0 Å². The summed E-state index contributed by atoms with van der Waals surface area (Å²) in [5.74, 6) is 1.92. The van der Waals surface area contributed by atoms with E-state index in [-0.39, 0.29) is 5.54 Å². The Kier molecular flexibility index (Phi) is 5.29. The summed E-state index contributed by atoms with van der Waals surface area (Å²) in [6.45, 7) is 6.39. The summed E-state index contributed by atoms with van der Waals surface area (Å²) in [6.07, 6.45) is 0. The molecule has 62 valence electrons. The molecule has 0 aliphatic heterocycles. The molecule has 0 aliphatic carbocycles. The van der Waals surface area contributed by atoms with Crippen LogP contribution in [0.1, 0.15) is 20.8 Å². The van der Waals surface area contributed by atoms with E-state index in [1.165, 1.54) is 0 Å². The van der Waals surface area contributed by atoms with E-state index in [0.717, 1.165) is 11.5 Å². The van der Waals surface area contributed by atoms with Crippen molar-refractivity contribution in [2.75, 3.05) is 11.5 Å². The van der Waals surface area contributed by atoms with Crippen molar-refractivity contribution in [3.8, 4) is 0 Å². The van der Waals surface area contributed by atoms with E-state index in [2.05, 4.69) is 46.2 Å². The first kappa shape index (κ1) is 11.0. The van der Waals surface area contributed by atoms with E-state index in [1.54, 1.807) is 11.9 Å². The van der Waals surface area contributed by atoms with Crippen LogP contribution in [0.3, 0.4) is 0 Å². The molecule has 10 heavy (non-hydrogen) atoms. The predicted molar refractivity (Wildman–Crippen MR) is 56.9 cm³/mol. The Labute approximate surface area is 79.0 Å². The van der Waals surface area contributed by atoms with Crippen molar-refractivity contribution in [2.24, 2.45) is 0 Å². The van der Waals surface area contributed by atoms with Crippen LogP contribution in [0.2, 0.25) is 0 Å². The predicted octanol–water partition coefficient (Wildman–Crippen LogP) is 2.51. The summed E-state index contributed by atoms with van der Waals surface area (Å²) in [5.41, 5.74) is 0.136. The van der Waals surface area contributed by atoms with E-state index in [0.29, 0.717) is 0 Å². The zero-order valence-electron chi connectivity index (χ0n) is 6.66. The molecule has 0 atom stereocenters. The lowest BCUT2D eigenvalue weighted by atomic mass is 10.1. The second-order valence-electron chi connectivity index (χ2n) is 3.00. The second kappa shape index (κ2) is 4.80. The fraction of sp³-hybridized carbons (Fsp3) is 1.00. The molecule has 0 aromatic heterocycles. The van der Waals surface area contributed by atoms with Gasteiger partial charge in [-0.1, -0.05) is 24.8 Å². The summed E-state index contributed by atoms with van der Waals surface area (Å²) in [4.78, 5) is 0. The Balaban J connectivity index is 3.52. The van der Waals surface area contributed by atoms with Gasteiger partial charge < -0.3 is 0 Å². The quantitative estimate of drug-likeness (QED) is 0.529. The minimum absolute atomic E-state index is 0.136. The minimum Gasteiger partial charge on any atom is -0.192 e. The third-order valence-corrected chi connectivity index (χ3v) is 3.53. The van der Waals surface area contributed by atoms with Gasteiger partial charge in [0, 0.05) is 17.0 Å². The summed E-state index contributed by atoms with van der Waals surface area (Å²) in [5, 5.41) is 0. The molecule has 0 fully saturated rings. The van der Waals surface area contributed by atoms with Crippen molar-refractivity contribution in [2.45, 2.75) is 26.3 Å². The summed E-state index contributed by atoms with van der Waals surface area (Å²) in [6, 6.07) is 0. The van der Waals surface area contributed by atoms with Crippen molar-refractivity contribution >= 4 is 37.4 Å². The molecule has 1 nitrogen and oxygen atoms in total. The zero-order valence-corrected chi connectivity index (χ0v) is 9.27. The molecular formula is C6H15NS3. The molecule has 0 aliphatic rings. The van der Waals surface area contributed by atoms with Gasteiger partial charge in [-0.15, -0.1) is 0 Å². The standard InChI is InChI=1S/C6H15NS3/c1-6(2,3)7(9)10-5-4-8/h8-9H,4-5H2,1-3H3. The smallest absolute Gasteiger partial charge is 0.0338 e. The normalized spacial score (nSPS) is 12.6. The maximum absolute atomic E-state index is 4.31. The van der Waals surface area contributed by atoms with E-state index in [1.807, 2.05) is 3.71 Å². The van der Waals surface area contributed by atoms with Gasteiger partial charge in [-0.2, -0.15) is 16.3 Å². The highest BCUT2D eigenvalue weighted by atomic mass is 32.2. The van der Waals surface area contributed by atoms with E-state index >= 15 is 0 Å². The van der Waals surface area contributed by atoms with Crippen LogP contribution in [0.25, 0.3) is 0 Å². The summed E-state index contributed by atoms with van der Waals surface area (Å²) >= 11 is 10.1. The molecule has 0 aromatic rings. The van der Waals surface area contributed by atoms with E-state index in [4.69, 9.17) is 0 Å². The lowest BCUT2D eigenvalue weighted by Gasteiger charge is -2.28. The van der Waals surface area contributed by atoms with Crippen LogP contribution in [0.4, 0.5) is 0 Å². The van der Waals surface area contributed by atoms with Crippen molar-refractivity contribution in [1.29, 1.82) is 0 Å². The lowest BCUT2D eigenvalue weighted by Crippen LogP contribution is -2.28. The minimum atomic E-state index is 0.136. The van der Waals surface area contributed by atoms with Gasteiger partial charge >= 0.3 is 0 Å². The largest absolute Gasteiger partial charge is 0.192 e. The van der Waals surface area contributed by atoms with Crippen LogP contribution in [0, 0.1) is 0 Å². The molecule has 0 aromatic carbocycles. The van der Waals surface area contributed by atoms with Crippen molar-refractivity contribution in [3.63, 3.8) is 0 Å². The van der Waals surface area contributed by atoms with Gasteiger partial charge in [0.05, 0.1) is 0 Å². The van der Waals surface area contributed by atoms with Crippen LogP contribution in [-0.4, -0.2) is 20.8 Å². The van der Waals surface area contributed by atoms with Crippen molar-refractivity contribution in [1.82, 2.24) is 3.71 Å². The molecule has 4 heteroatoms. The van der Waals surface area contributed by atoms with E-state index in [9.17, 15) is 0 Å². The Bertz CT molecular complexity index is 89.5. The first-order chi connectivity index (χ1) is 4.48. The number of hydrogen-bond acceptors (Lipinski definition) is 4. The molecule has 0 amide bonds. The Morgan fingerprint density at radius 2 is 1.90 bits per heavy atom. The second-order valence-corrected chi connectivity index (χ2v) is 5.15. The molecule has 0 saturated carbocycles. The molecule has 0 saturated heterocycles. The van der Waals surface area contributed by atoms with Gasteiger partial charge in [0.2, 0.25) is 0 Å². The molecule has 0 radical (unpaired) electrons. The lowest BCUT2D eigenvalue weighted by molar-refractivity contribution is 0.416. The Hall–Kier alpha value is 1.01. The molecule has 0 heterocycles. The van der Waals surface area contributed by atoms with Crippen LogP contribution >= 0.6 is 37.4 Å². The van der Waals surface area contributed by atoms with Crippen molar-refractivity contribution < 1.29 is 0 Å². The average molecular weight is 197 g/mol. The molecule has 0 bridgehead atoms. The van der Waals surface area contributed by atoms with Crippen molar-refractivity contribution in [3.05, 3.63) is 0 Å². The van der Waals surface area contributed by atoms with Crippen LogP contribution < -0.4 is 0 Å². The molecule has 0 spiro atoms. The van der Waals surface area contributed by atoms with Gasteiger partial charge in [-0.05, 0) is 20.8 Å². The molecule has 0 rings (SSSR count). The zero-order chi connectivity index (χ0) is 8.20. The number of rotatable bonds is 3. The Morgan fingerprint density at radius 3 is 2.20 bits per heavy atom. The molecular weight excluding hydrogens is 182 g/mol. The third kappa shape index (κ3) is 4.77. The highest BCUT2D eigenvalue weighted by Crippen LogP contribution is 2.24. The van der Waals surface area contributed by atoms with Gasteiger partial charge in [0.1, 0.15) is 0 Å². The first-order valence-corrected chi connectivity index (χ1v) is 5.19. The molecule has 0 N–H and O–H groups in total.